The van der Waals surface area contributed by atoms with Crippen LogP contribution in [0, 0.1) is 12.7 Å². The van der Waals surface area contributed by atoms with Gasteiger partial charge in [0.15, 0.2) is 5.69 Å². The molecule has 0 aliphatic rings. The largest absolute Gasteiger partial charge is 0.319 e. The lowest BCUT2D eigenvalue weighted by atomic mass is 10.1. The summed E-state index contributed by atoms with van der Waals surface area (Å²) in [6.07, 6.45) is 1.69. The third-order valence-electron chi connectivity index (χ3n) is 4.45. The van der Waals surface area contributed by atoms with Crippen molar-refractivity contribution in [3.05, 3.63) is 77.9 Å². The number of para-hydroxylation sites is 1. The zero-order chi connectivity index (χ0) is 19.0. The maximum absolute atomic E-state index is 13.5. The fourth-order valence-electron chi connectivity index (χ4n) is 3.04. The highest BCUT2D eigenvalue weighted by atomic mass is 19.1. The number of halogens is 1. The van der Waals surface area contributed by atoms with Gasteiger partial charge in [-0.05, 0) is 48.9 Å². The highest BCUT2D eigenvalue weighted by Crippen LogP contribution is 2.24. The number of anilines is 1. The number of hydrogen-bond donors (Lipinski definition) is 1. The SMILES string of the molecule is Cc1cc(-c2cc(C(=O)Nc3cccc4cccnc34)nn2C)ccc1F. The molecule has 2 heterocycles. The third kappa shape index (κ3) is 3.17. The summed E-state index contributed by atoms with van der Waals surface area (Å²) in [5.41, 5.74) is 3.71. The molecule has 2 aromatic carbocycles. The Morgan fingerprint density at radius 1 is 1.11 bits per heavy atom. The van der Waals surface area contributed by atoms with E-state index in [4.69, 9.17) is 0 Å². The highest BCUT2D eigenvalue weighted by Gasteiger charge is 2.16. The molecule has 134 valence electrons. The summed E-state index contributed by atoms with van der Waals surface area (Å²) in [5, 5.41) is 8.13. The summed E-state index contributed by atoms with van der Waals surface area (Å²) in [4.78, 5) is 17.0. The molecular weight excluding hydrogens is 343 g/mol. The predicted octanol–water partition coefficient (Wildman–Crippen LogP) is 4.34. The number of pyridine rings is 1. The fraction of sp³-hybridized carbons (Fsp3) is 0.0952. The van der Waals surface area contributed by atoms with Crippen LogP contribution in [0.4, 0.5) is 10.1 Å². The van der Waals surface area contributed by atoms with E-state index in [1.807, 2.05) is 24.3 Å². The van der Waals surface area contributed by atoms with Gasteiger partial charge in [-0.15, -0.1) is 0 Å². The molecule has 4 aromatic rings. The zero-order valence-corrected chi connectivity index (χ0v) is 14.9. The maximum atomic E-state index is 13.5. The molecule has 0 saturated heterocycles. The minimum Gasteiger partial charge on any atom is -0.319 e. The van der Waals surface area contributed by atoms with Crippen molar-refractivity contribution >= 4 is 22.5 Å². The fourth-order valence-corrected chi connectivity index (χ4v) is 3.04. The number of carbonyl (C=O) groups is 1. The number of nitrogens with one attached hydrogen (secondary N) is 1. The number of aryl methyl sites for hydroxylation is 2. The second-order valence-corrected chi connectivity index (χ2v) is 6.34. The Morgan fingerprint density at radius 3 is 2.74 bits per heavy atom. The van der Waals surface area contributed by atoms with Gasteiger partial charge in [0, 0.05) is 24.2 Å². The second kappa shape index (κ2) is 6.64. The maximum Gasteiger partial charge on any atom is 0.276 e. The summed E-state index contributed by atoms with van der Waals surface area (Å²) in [6.45, 7) is 1.70. The van der Waals surface area contributed by atoms with Crippen LogP contribution in [0.1, 0.15) is 16.1 Å². The molecular formula is C21H17FN4O. The van der Waals surface area contributed by atoms with E-state index in [0.29, 0.717) is 11.3 Å². The first kappa shape index (κ1) is 16.9. The van der Waals surface area contributed by atoms with Gasteiger partial charge in [0.05, 0.1) is 16.9 Å². The second-order valence-electron chi connectivity index (χ2n) is 6.34. The number of rotatable bonds is 3. The lowest BCUT2D eigenvalue weighted by Crippen LogP contribution is -2.13. The van der Waals surface area contributed by atoms with E-state index in [1.54, 1.807) is 49.1 Å². The van der Waals surface area contributed by atoms with E-state index in [-0.39, 0.29) is 17.4 Å². The number of benzene rings is 2. The first-order valence-electron chi connectivity index (χ1n) is 8.48. The Bertz CT molecular complexity index is 1160. The van der Waals surface area contributed by atoms with Crippen molar-refractivity contribution < 1.29 is 9.18 Å². The van der Waals surface area contributed by atoms with Gasteiger partial charge < -0.3 is 5.32 Å². The minimum atomic E-state index is -0.325. The van der Waals surface area contributed by atoms with Gasteiger partial charge in [-0.1, -0.05) is 18.2 Å². The lowest BCUT2D eigenvalue weighted by molar-refractivity contribution is 0.102. The number of fused-ring (bicyclic) bond motifs is 1. The van der Waals surface area contributed by atoms with Crippen LogP contribution in [0.2, 0.25) is 0 Å². The molecule has 0 fully saturated rings. The number of amides is 1. The van der Waals surface area contributed by atoms with Crippen LogP contribution < -0.4 is 5.32 Å². The molecule has 2 aromatic heterocycles. The van der Waals surface area contributed by atoms with E-state index >= 15 is 0 Å². The van der Waals surface area contributed by atoms with Crippen LogP contribution in [-0.4, -0.2) is 20.7 Å². The summed E-state index contributed by atoms with van der Waals surface area (Å²) in [7, 11) is 1.75. The molecule has 1 N–H and O–H groups in total. The van der Waals surface area contributed by atoms with Crippen LogP contribution >= 0.6 is 0 Å². The predicted molar refractivity (Wildman–Crippen MR) is 103 cm³/mol. The van der Waals surface area contributed by atoms with Gasteiger partial charge in [-0.2, -0.15) is 5.10 Å². The van der Waals surface area contributed by atoms with Gasteiger partial charge in [0.2, 0.25) is 0 Å². The number of hydrogen-bond acceptors (Lipinski definition) is 3. The molecule has 0 aliphatic carbocycles. The number of nitrogens with zero attached hydrogens (tertiary/aromatic N) is 3. The van der Waals surface area contributed by atoms with Crippen molar-refractivity contribution in [3.8, 4) is 11.3 Å². The summed E-state index contributed by atoms with van der Waals surface area (Å²) >= 11 is 0. The number of aromatic nitrogens is 3. The van der Waals surface area contributed by atoms with Crippen LogP contribution in [0.5, 0.6) is 0 Å². The zero-order valence-electron chi connectivity index (χ0n) is 14.9. The Balaban J connectivity index is 1.66. The van der Waals surface area contributed by atoms with E-state index < -0.39 is 0 Å². The minimum absolute atomic E-state index is 0.262. The molecule has 5 nitrogen and oxygen atoms in total. The van der Waals surface area contributed by atoms with Gasteiger partial charge in [-0.3, -0.25) is 14.5 Å². The molecule has 0 saturated carbocycles. The summed E-state index contributed by atoms with van der Waals surface area (Å²) in [5.74, 6) is -0.587. The Hall–Kier alpha value is -3.54. The van der Waals surface area contributed by atoms with Crippen LogP contribution in [-0.2, 0) is 7.05 Å². The van der Waals surface area contributed by atoms with Crippen molar-refractivity contribution in [2.24, 2.45) is 7.05 Å². The van der Waals surface area contributed by atoms with Crippen molar-refractivity contribution in [2.45, 2.75) is 6.92 Å². The highest BCUT2D eigenvalue weighted by molar-refractivity contribution is 6.07. The van der Waals surface area contributed by atoms with Crippen LogP contribution in [0.25, 0.3) is 22.2 Å². The average molecular weight is 360 g/mol. The summed E-state index contributed by atoms with van der Waals surface area (Å²) < 4.78 is 15.1. The van der Waals surface area contributed by atoms with Gasteiger partial charge in [-0.25, -0.2) is 4.39 Å². The molecule has 0 spiro atoms. The molecule has 4 rings (SSSR count). The van der Waals surface area contributed by atoms with Crippen molar-refractivity contribution in [1.82, 2.24) is 14.8 Å². The van der Waals surface area contributed by atoms with Gasteiger partial charge in [0.25, 0.3) is 5.91 Å². The van der Waals surface area contributed by atoms with E-state index in [2.05, 4.69) is 15.4 Å². The quantitative estimate of drug-likeness (QED) is 0.591. The molecule has 0 unspecified atom stereocenters. The molecule has 0 bridgehead atoms. The monoisotopic (exact) mass is 360 g/mol. The van der Waals surface area contributed by atoms with E-state index in [1.165, 1.54) is 6.07 Å². The smallest absolute Gasteiger partial charge is 0.276 e. The number of carbonyl (C=O) groups excluding carboxylic acids is 1. The first-order valence-corrected chi connectivity index (χ1v) is 8.48. The summed E-state index contributed by atoms with van der Waals surface area (Å²) in [6, 6.07) is 15.9. The van der Waals surface area contributed by atoms with E-state index in [9.17, 15) is 9.18 Å². The van der Waals surface area contributed by atoms with Gasteiger partial charge in [0.1, 0.15) is 5.82 Å². The molecule has 0 aliphatic heterocycles. The Morgan fingerprint density at radius 2 is 1.93 bits per heavy atom. The van der Waals surface area contributed by atoms with Crippen LogP contribution in [0.3, 0.4) is 0 Å². The molecule has 0 atom stereocenters. The topological polar surface area (TPSA) is 59.8 Å². The van der Waals surface area contributed by atoms with Crippen molar-refractivity contribution in [1.29, 1.82) is 0 Å². The van der Waals surface area contributed by atoms with E-state index in [0.717, 1.165) is 22.2 Å². The van der Waals surface area contributed by atoms with Crippen LogP contribution in [0.15, 0.2) is 60.8 Å². The lowest BCUT2D eigenvalue weighted by Gasteiger charge is -2.06. The Kier molecular flexibility index (Phi) is 4.16. The standard InChI is InChI=1S/C21H17FN4O/c1-13-11-15(8-9-16(13)22)19-12-18(25-26(19)2)21(27)24-17-7-3-5-14-6-4-10-23-20(14)17/h3-12H,1-2H3,(H,24,27). The first-order chi connectivity index (χ1) is 13.0. The Labute approximate surface area is 155 Å². The normalized spacial score (nSPS) is 10.9. The van der Waals surface area contributed by atoms with Crippen molar-refractivity contribution in [3.63, 3.8) is 0 Å². The van der Waals surface area contributed by atoms with Crippen molar-refractivity contribution in [2.75, 3.05) is 5.32 Å². The molecule has 27 heavy (non-hydrogen) atoms. The molecule has 6 heteroatoms. The van der Waals surface area contributed by atoms with Gasteiger partial charge >= 0.3 is 0 Å². The average Bonchev–Trinajstić information content (AvgIpc) is 3.06. The third-order valence-corrected chi connectivity index (χ3v) is 4.45. The molecule has 0 radical (unpaired) electrons. The molecule has 1 amide bonds.